The fourth-order valence-electron chi connectivity index (χ4n) is 4.21. The van der Waals surface area contributed by atoms with Gasteiger partial charge in [-0.15, -0.1) is 0 Å². The molecule has 144 valence electrons. The van der Waals surface area contributed by atoms with Crippen molar-refractivity contribution in [2.75, 3.05) is 47.4 Å². The van der Waals surface area contributed by atoms with E-state index < -0.39 is 0 Å². The molecule has 6 heteroatoms. The minimum atomic E-state index is 0.0671. The molecule has 0 saturated carbocycles. The zero-order valence-corrected chi connectivity index (χ0v) is 16.2. The molecular weight excluding hydrogens is 330 g/mol. The molecule has 2 saturated heterocycles. The Balaban J connectivity index is 1.72. The molecule has 6 nitrogen and oxygen atoms in total. The Morgan fingerprint density at radius 3 is 2.73 bits per heavy atom. The number of carbonyl (C=O) groups excluding carboxylic acids is 1. The van der Waals surface area contributed by atoms with E-state index in [0.29, 0.717) is 12.6 Å². The maximum Gasteiger partial charge on any atom is 0.237 e. The van der Waals surface area contributed by atoms with Crippen molar-refractivity contribution < 1.29 is 14.3 Å². The highest BCUT2D eigenvalue weighted by Gasteiger charge is 2.33. The van der Waals surface area contributed by atoms with Crippen LogP contribution in [0.1, 0.15) is 37.3 Å². The van der Waals surface area contributed by atoms with Gasteiger partial charge < -0.3 is 19.7 Å². The van der Waals surface area contributed by atoms with E-state index in [0.717, 1.165) is 56.0 Å². The van der Waals surface area contributed by atoms with Crippen LogP contribution in [0.3, 0.4) is 0 Å². The smallest absolute Gasteiger partial charge is 0.237 e. The van der Waals surface area contributed by atoms with Gasteiger partial charge in [-0.25, -0.2) is 0 Å². The minimum Gasteiger partial charge on any atom is -0.497 e. The third-order valence-corrected chi connectivity index (χ3v) is 5.64. The third kappa shape index (κ3) is 4.13. The van der Waals surface area contributed by atoms with Crippen molar-refractivity contribution in [1.29, 1.82) is 0 Å². The van der Waals surface area contributed by atoms with Gasteiger partial charge in [-0.1, -0.05) is 0 Å². The molecule has 0 radical (unpaired) electrons. The first-order valence-corrected chi connectivity index (χ1v) is 9.57. The van der Waals surface area contributed by atoms with Gasteiger partial charge in [0.15, 0.2) is 0 Å². The maximum absolute atomic E-state index is 13.0. The van der Waals surface area contributed by atoms with Crippen molar-refractivity contribution >= 4 is 5.91 Å². The van der Waals surface area contributed by atoms with Crippen LogP contribution in [0.2, 0.25) is 0 Å². The quantitative estimate of drug-likeness (QED) is 0.840. The predicted molar refractivity (Wildman–Crippen MR) is 102 cm³/mol. The number of methoxy groups -OCH3 is 2. The molecule has 2 unspecified atom stereocenters. The van der Waals surface area contributed by atoms with Gasteiger partial charge in [0.2, 0.25) is 5.91 Å². The van der Waals surface area contributed by atoms with Crippen LogP contribution in [0.5, 0.6) is 11.5 Å². The van der Waals surface area contributed by atoms with Crippen molar-refractivity contribution in [1.82, 2.24) is 15.1 Å². The lowest BCUT2D eigenvalue weighted by atomic mass is 10.0. The van der Waals surface area contributed by atoms with Crippen molar-refractivity contribution in [3.05, 3.63) is 23.8 Å². The van der Waals surface area contributed by atoms with Gasteiger partial charge in [0.1, 0.15) is 11.5 Å². The van der Waals surface area contributed by atoms with Crippen LogP contribution in [0.4, 0.5) is 0 Å². The number of amides is 1. The van der Waals surface area contributed by atoms with E-state index in [1.807, 2.05) is 30.1 Å². The second kappa shape index (κ2) is 8.73. The zero-order chi connectivity index (χ0) is 18.5. The van der Waals surface area contributed by atoms with Gasteiger partial charge in [0, 0.05) is 24.7 Å². The van der Waals surface area contributed by atoms with Crippen LogP contribution in [0.15, 0.2) is 18.2 Å². The van der Waals surface area contributed by atoms with E-state index in [-0.39, 0.29) is 11.9 Å². The fourth-order valence-corrected chi connectivity index (χ4v) is 4.21. The molecule has 1 amide bonds. The Labute approximate surface area is 156 Å². The molecule has 2 heterocycles. The Morgan fingerprint density at radius 1 is 1.19 bits per heavy atom. The Hall–Kier alpha value is -1.79. The number of piperidine rings is 1. The molecule has 1 N–H and O–H groups in total. The van der Waals surface area contributed by atoms with Crippen molar-refractivity contribution in [3.8, 4) is 11.5 Å². The van der Waals surface area contributed by atoms with E-state index in [2.05, 4.69) is 10.2 Å². The summed E-state index contributed by atoms with van der Waals surface area (Å²) < 4.78 is 10.9. The zero-order valence-electron chi connectivity index (χ0n) is 16.2. The molecule has 2 aliphatic rings. The molecule has 0 spiro atoms. The van der Waals surface area contributed by atoms with Crippen molar-refractivity contribution in [2.24, 2.45) is 0 Å². The van der Waals surface area contributed by atoms with Crippen LogP contribution < -0.4 is 14.8 Å². The number of rotatable bonds is 6. The number of nitrogens with one attached hydrogen (secondary N) is 1. The highest BCUT2D eigenvalue weighted by molar-refractivity contribution is 5.79. The molecular formula is C20H31N3O3. The van der Waals surface area contributed by atoms with E-state index in [4.69, 9.17) is 9.47 Å². The van der Waals surface area contributed by atoms with E-state index in [1.165, 1.54) is 6.42 Å². The molecule has 1 aromatic rings. The predicted octanol–water partition coefficient (Wildman–Crippen LogP) is 2.05. The van der Waals surface area contributed by atoms with Crippen molar-refractivity contribution in [3.63, 3.8) is 0 Å². The fraction of sp³-hybridized carbons (Fsp3) is 0.650. The average molecular weight is 361 g/mol. The largest absolute Gasteiger partial charge is 0.497 e. The topological polar surface area (TPSA) is 54.0 Å². The Kier molecular flexibility index (Phi) is 6.38. The summed E-state index contributed by atoms with van der Waals surface area (Å²) in [6, 6.07) is 6.39. The van der Waals surface area contributed by atoms with Crippen LogP contribution >= 0.6 is 0 Å². The number of hydrogen-bond acceptors (Lipinski definition) is 5. The van der Waals surface area contributed by atoms with Crippen LogP contribution in [-0.4, -0.2) is 69.2 Å². The van der Waals surface area contributed by atoms with Gasteiger partial charge in [0.05, 0.1) is 26.8 Å². The monoisotopic (exact) mass is 361 g/mol. The Morgan fingerprint density at radius 2 is 2.00 bits per heavy atom. The number of ether oxygens (including phenoxy) is 2. The molecule has 0 aliphatic carbocycles. The molecule has 2 atom stereocenters. The summed E-state index contributed by atoms with van der Waals surface area (Å²) in [5.74, 6) is 1.84. The lowest BCUT2D eigenvalue weighted by Gasteiger charge is -2.34. The summed E-state index contributed by atoms with van der Waals surface area (Å²) >= 11 is 0. The lowest BCUT2D eigenvalue weighted by Crippen LogP contribution is -2.48. The Bertz CT molecular complexity index is 622. The number of benzene rings is 1. The van der Waals surface area contributed by atoms with Gasteiger partial charge in [-0.05, 0) is 57.5 Å². The number of likely N-dealkylation sites (tertiary alicyclic amines) is 2. The first-order valence-electron chi connectivity index (χ1n) is 9.57. The lowest BCUT2D eigenvalue weighted by molar-refractivity contribution is -0.133. The van der Waals surface area contributed by atoms with Gasteiger partial charge in [0.25, 0.3) is 0 Å². The molecule has 0 bridgehead atoms. The normalized spacial score (nSPS) is 23.9. The summed E-state index contributed by atoms with van der Waals surface area (Å²) in [4.78, 5) is 17.3. The minimum absolute atomic E-state index is 0.0671. The van der Waals surface area contributed by atoms with Crippen LogP contribution in [-0.2, 0) is 4.79 Å². The summed E-state index contributed by atoms with van der Waals surface area (Å²) in [7, 11) is 5.34. The van der Waals surface area contributed by atoms with Gasteiger partial charge >= 0.3 is 0 Å². The standard InChI is InChI=1S/C20H31N3O3/c1-21-15-6-4-10-22(13-15)14-20(24)23-11-5-7-18(23)17-12-16(25-2)8-9-19(17)26-3/h8-9,12,15,18,21H,4-7,10-11,13-14H2,1-3H3. The summed E-state index contributed by atoms with van der Waals surface area (Å²) in [6.07, 6.45) is 4.32. The van der Waals surface area contributed by atoms with Gasteiger partial charge in [-0.2, -0.15) is 0 Å². The highest BCUT2D eigenvalue weighted by atomic mass is 16.5. The molecule has 0 aromatic heterocycles. The molecule has 26 heavy (non-hydrogen) atoms. The summed E-state index contributed by atoms with van der Waals surface area (Å²) in [6.45, 7) is 3.27. The summed E-state index contributed by atoms with van der Waals surface area (Å²) in [5, 5.41) is 3.34. The summed E-state index contributed by atoms with van der Waals surface area (Å²) in [5.41, 5.74) is 1.05. The molecule has 3 rings (SSSR count). The number of likely N-dealkylation sites (N-methyl/N-ethyl adjacent to an activating group) is 1. The van der Waals surface area contributed by atoms with E-state index >= 15 is 0 Å². The number of nitrogens with zero attached hydrogens (tertiary/aromatic N) is 2. The molecule has 2 aliphatic heterocycles. The number of carbonyl (C=O) groups is 1. The third-order valence-electron chi connectivity index (χ3n) is 5.64. The second-order valence-electron chi connectivity index (χ2n) is 7.22. The molecule has 1 aromatic carbocycles. The second-order valence-corrected chi connectivity index (χ2v) is 7.22. The SMILES string of the molecule is CNC1CCCN(CC(=O)N2CCCC2c2cc(OC)ccc2OC)C1. The van der Waals surface area contributed by atoms with Crippen LogP contribution in [0.25, 0.3) is 0 Å². The van der Waals surface area contributed by atoms with Gasteiger partial charge in [-0.3, -0.25) is 9.69 Å². The van der Waals surface area contributed by atoms with Crippen molar-refractivity contribution in [2.45, 2.75) is 37.8 Å². The highest BCUT2D eigenvalue weighted by Crippen LogP contribution is 2.39. The number of hydrogen-bond donors (Lipinski definition) is 1. The first kappa shape index (κ1) is 19.0. The first-order chi connectivity index (χ1) is 12.7. The van der Waals surface area contributed by atoms with Crippen LogP contribution in [0, 0.1) is 0 Å². The van der Waals surface area contributed by atoms with E-state index in [1.54, 1.807) is 14.2 Å². The molecule has 2 fully saturated rings. The average Bonchev–Trinajstić information content (AvgIpc) is 3.17. The van der Waals surface area contributed by atoms with E-state index in [9.17, 15) is 4.79 Å². The maximum atomic E-state index is 13.0.